The van der Waals surface area contributed by atoms with Gasteiger partial charge in [-0.25, -0.2) is 19.9 Å². The van der Waals surface area contributed by atoms with E-state index in [1.165, 1.54) is 48.8 Å². The second kappa shape index (κ2) is 26.9. The molecule has 0 fully saturated rings. The molecular weight excluding hydrogens is 1110 g/mol. The maximum atomic E-state index is 5.92. The number of rotatable bonds is 22. The third-order valence-corrected chi connectivity index (χ3v) is 18.0. The maximum absolute atomic E-state index is 5.92. The molecule has 0 saturated heterocycles. The molecule has 0 spiro atoms. The average Bonchev–Trinajstić information content (AvgIpc) is 1.70. The van der Waals surface area contributed by atoms with Gasteiger partial charge in [0.1, 0.15) is 17.2 Å². The van der Waals surface area contributed by atoms with Crippen LogP contribution in [0.15, 0.2) is 121 Å². The highest BCUT2D eigenvalue weighted by Gasteiger charge is 2.24. The molecule has 16 bridgehead atoms. The number of H-pyrrole nitrogens is 4. The van der Waals surface area contributed by atoms with Crippen molar-refractivity contribution in [1.29, 1.82) is 0 Å². The summed E-state index contributed by atoms with van der Waals surface area (Å²) in [7, 11) is 5.13. The van der Waals surface area contributed by atoms with Gasteiger partial charge in [-0.3, -0.25) is 0 Å². The number of unbranched alkanes of at least 4 members (excludes halogenated alkanes) is 9. The van der Waals surface area contributed by atoms with Gasteiger partial charge in [-0.05, 0) is 189 Å². The predicted molar refractivity (Wildman–Crippen MR) is 376 cm³/mol. The minimum atomic E-state index is 0.743. The van der Waals surface area contributed by atoms with Crippen molar-refractivity contribution >= 4 is 92.7 Å². The second-order valence-electron chi connectivity index (χ2n) is 23.9. The van der Waals surface area contributed by atoms with Gasteiger partial charge >= 0.3 is 0 Å². The van der Waals surface area contributed by atoms with Crippen LogP contribution in [0.2, 0.25) is 0 Å². The standard InChI is InChI=1S/C79H80N8O3/c1-7-10-13-16-28-56-59-31-33-61(80-59)57(29-17-14-11-8-2)63-35-37-71(82-63)78(72-38-36-64(83-72)58(30-18-15-12-9-3)62-34-32-60(56)81-62)79-73-45-43-69(86-73)76(51-23-20-26-54(48-51)89-5)67-41-39-65(84-67)75(50-22-19-25-53(47-50)88-4)66-40-42-68(85-66)77(70-44-46-74(79)87-70)52-24-21-27-55(49-52)90-6/h19-27,31-49,80,83-84,87H,7-18,28-30H2,1-6H3. The Morgan fingerprint density at radius 2 is 0.533 bits per heavy atom. The Bertz CT molecular complexity index is 4600. The molecule has 3 aromatic carbocycles. The first-order valence-electron chi connectivity index (χ1n) is 32.6. The van der Waals surface area contributed by atoms with Crippen LogP contribution in [0.3, 0.4) is 0 Å². The van der Waals surface area contributed by atoms with Crippen LogP contribution < -0.4 is 14.2 Å². The van der Waals surface area contributed by atoms with Crippen molar-refractivity contribution in [3.63, 3.8) is 0 Å². The van der Waals surface area contributed by atoms with Gasteiger partial charge in [0.25, 0.3) is 0 Å². The fraction of sp³-hybridized carbons (Fsp3) is 0.266. The molecular formula is C79H80N8O3. The summed E-state index contributed by atoms with van der Waals surface area (Å²) in [6.45, 7) is 6.84. The van der Waals surface area contributed by atoms with Crippen LogP contribution in [0.5, 0.6) is 17.2 Å². The molecule has 11 heteroatoms. The minimum Gasteiger partial charge on any atom is -0.497 e. The van der Waals surface area contributed by atoms with Crippen LogP contribution in [0.1, 0.15) is 160 Å². The monoisotopic (exact) mass is 1190 g/mol. The largest absolute Gasteiger partial charge is 0.497 e. The minimum absolute atomic E-state index is 0.743. The van der Waals surface area contributed by atoms with E-state index in [-0.39, 0.29) is 0 Å². The summed E-state index contributed by atoms with van der Waals surface area (Å²) >= 11 is 0. The van der Waals surface area contributed by atoms with E-state index in [0.29, 0.717) is 0 Å². The van der Waals surface area contributed by atoms with E-state index in [1.54, 1.807) is 21.3 Å². The van der Waals surface area contributed by atoms with Crippen LogP contribution in [0, 0.1) is 0 Å². The lowest BCUT2D eigenvalue weighted by Gasteiger charge is -2.09. The van der Waals surface area contributed by atoms with E-state index in [4.69, 9.17) is 34.1 Å². The Balaban J connectivity index is 1.18. The predicted octanol–water partition coefficient (Wildman–Crippen LogP) is 20.7. The first-order chi connectivity index (χ1) is 44.3. The number of aryl methyl sites for hydroxylation is 3. The summed E-state index contributed by atoms with van der Waals surface area (Å²) in [5, 5.41) is 0. The first-order valence-corrected chi connectivity index (χ1v) is 32.6. The van der Waals surface area contributed by atoms with Crippen LogP contribution in [-0.2, 0) is 19.3 Å². The number of nitrogens with one attached hydrogen (secondary N) is 4. The fourth-order valence-electron chi connectivity index (χ4n) is 13.3. The molecule has 6 aromatic heterocycles. The lowest BCUT2D eigenvalue weighted by atomic mass is 10.0. The normalized spacial score (nSPS) is 12.4. The zero-order valence-corrected chi connectivity index (χ0v) is 52.8. The van der Waals surface area contributed by atoms with Gasteiger partial charge in [0.15, 0.2) is 0 Å². The highest BCUT2D eigenvalue weighted by molar-refractivity contribution is 6.04. The topological polar surface area (TPSA) is 142 Å². The SMILES string of the molecule is CCCCCCc1c2nc(c(CCCCCC)c3ccc([nH]3)c(-c3c4nc(c(-c5cccc(OC)c5)c5ccc([nH]5)c(-c5cccc(OC)c5)c5nc(c(-c6cccc(OC)c6)c6ccc3[nH]6)C=C5)C=C4)c3nc(c(CCCCCC)c4ccc1[nH]4)C=C3)C=C2. The van der Waals surface area contributed by atoms with E-state index in [0.717, 1.165) is 216 Å². The summed E-state index contributed by atoms with van der Waals surface area (Å²) in [6.07, 6.45) is 34.0. The summed E-state index contributed by atoms with van der Waals surface area (Å²) in [6, 6.07) is 42.4. The van der Waals surface area contributed by atoms with Gasteiger partial charge in [0, 0.05) is 88.6 Å². The van der Waals surface area contributed by atoms with Crippen molar-refractivity contribution in [3.05, 3.63) is 184 Å². The smallest absolute Gasteiger partial charge is 0.119 e. The van der Waals surface area contributed by atoms with Crippen molar-refractivity contribution in [2.24, 2.45) is 0 Å². The van der Waals surface area contributed by atoms with E-state index < -0.39 is 0 Å². The van der Waals surface area contributed by atoms with Crippen molar-refractivity contribution in [2.45, 2.75) is 117 Å². The van der Waals surface area contributed by atoms with Crippen LogP contribution >= 0.6 is 0 Å². The number of aromatic nitrogens is 8. The highest BCUT2D eigenvalue weighted by Crippen LogP contribution is 2.43. The lowest BCUT2D eigenvalue weighted by molar-refractivity contribution is 0.415. The number of hydrogen-bond donors (Lipinski definition) is 4. The summed E-state index contributed by atoms with van der Waals surface area (Å²) < 4.78 is 17.7. The number of hydrogen-bond acceptors (Lipinski definition) is 7. The van der Waals surface area contributed by atoms with E-state index in [1.807, 2.05) is 36.4 Å². The molecule has 4 aliphatic rings. The molecule has 0 saturated carbocycles. The lowest BCUT2D eigenvalue weighted by Crippen LogP contribution is -1.95. The highest BCUT2D eigenvalue weighted by atomic mass is 16.5. The number of methoxy groups -OCH3 is 3. The van der Waals surface area contributed by atoms with Crippen LogP contribution in [-0.4, -0.2) is 61.2 Å². The second-order valence-corrected chi connectivity index (χ2v) is 23.9. The molecule has 13 rings (SSSR count). The number of fused-ring (bicyclic) bond motifs is 16. The summed E-state index contributed by atoms with van der Waals surface area (Å²) in [5.74, 6) is 2.23. The molecule has 11 nitrogen and oxygen atoms in total. The molecule has 90 heavy (non-hydrogen) atoms. The quantitative estimate of drug-likeness (QED) is 0.0495. The molecule has 454 valence electrons. The Morgan fingerprint density at radius 3 is 0.856 bits per heavy atom. The Hall–Kier alpha value is -9.74. The third-order valence-electron chi connectivity index (χ3n) is 18.0. The molecule has 0 atom stereocenters. The summed E-state index contributed by atoms with van der Waals surface area (Å²) in [4.78, 5) is 38.9. The molecule has 0 aliphatic carbocycles. The average molecular weight is 1190 g/mol. The van der Waals surface area contributed by atoms with Gasteiger partial charge in [0.05, 0.1) is 66.9 Å². The number of ether oxygens (including phenoxy) is 3. The first kappa shape index (κ1) is 59.2. The molecule has 4 N–H and O–H groups in total. The van der Waals surface area contributed by atoms with Gasteiger partial charge in [-0.1, -0.05) is 115 Å². The van der Waals surface area contributed by atoms with E-state index in [9.17, 15) is 0 Å². The van der Waals surface area contributed by atoms with Crippen molar-refractivity contribution in [1.82, 2.24) is 39.9 Å². The number of nitrogens with zero attached hydrogens (tertiary/aromatic N) is 4. The van der Waals surface area contributed by atoms with E-state index in [2.05, 4.69) is 174 Å². The van der Waals surface area contributed by atoms with Gasteiger partial charge in [0.2, 0.25) is 0 Å². The molecule has 9 aromatic rings. The molecule has 4 aliphatic heterocycles. The third kappa shape index (κ3) is 12.1. The van der Waals surface area contributed by atoms with Crippen molar-refractivity contribution in [2.75, 3.05) is 21.3 Å². The molecule has 0 amide bonds. The Morgan fingerprint density at radius 1 is 0.278 bits per heavy atom. The van der Waals surface area contributed by atoms with Crippen LogP contribution in [0.4, 0.5) is 0 Å². The molecule has 0 unspecified atom stereocenters. The Labute approximate surface area is 527 Å². The molecule has 10 heterocycles. The zero-order valence-electron chi connectivity index (χ0n) is 52.8. The van der Waals surface area contributed by atoms with Crippen LogP contribution in [0.25, 0.3) is 137 Å². The molecule has 0 radical (unpaired) electrons. The van der Waals surface area contributed by atoms with Gasteiger partial charge in [-0.2, -0.15) is 0 Å². The van der Waals surface area contributed by atoms with Gasteiger partial charge in [-0.15, -0.1) is 0 Å². The Kier molecular flexibility index (Phi) is 17.7. The van der Waals surface area contributed by atoms with Crippen molar-refractivity contribution < 1.29 is 14.2 Å². The maximum Gasteiger partial charge on any atom is 0.119 e. The summed E-state index contributed by atoms with van der Waals surface area (Å²) in [5.41, 5.74) is 25.8. The van der Waals surface area contributed by atoms with Crippen molar-refractivity contribution in [3.8, 4) is 61.8 Å². The zero-order chi connectivity index (χ0) is 61.5. The number of aromatic amines is 4. The van der Waals surface area contributed by atoms with E-state index >= 15 is 0 Å². The fourth-order valence-corrected chi connectivity index (χ4v) is 13.3. The van der Waals surface area contributed by atoms with Gasteiger partial charge < -0.3 is 34.1 Å². The number of benzene rings is 3.